The van der Waals surface area contributed by atoms with Crippen molar-refractivity contribution in [2.24, 2.45) is 5.92 Å². The van der Waals surface area contributed by atoms with Crippen molar-refractivity contribution in [2.45, 2.75) is 37.9 Å². The van der Waals surface area contributed by atoms with Crippen molar-refractivity contribution in [3.05, 3.63) is 29.5 Å². The largest absolute Gasteiger partial charge is 0.392 e. The van der Waals surface area contributed by atoms with Gasteiger partial charge in [-0.25, -0.2) is 8.42 Å². The van der Waals surface area contributed by atoms with Crippen molar-refractivity contribution in [1.29, 1.82) is 0 Å². The summed E-state index contributed by atoms with van der Waals surface area (Å²) in [7, 11) is -3.36. The Hall–Kier alpha value is -1.37. The van der Waals surface area contributed by atoms with Crippen LogP contribution in [0.15, 0.2) is 23.1 Å². The summed E-state index contributed by atoms with van der Waals surface area (Å²) in [6, 6.07) is 5.88. The van der Waals surface area contributed by atoms with Crippen LogP contribution in [0.5, 0.6) is 0 Å². The molecule has 0 amide bonds. The van der Waals surface area contributed by atoms with Crippen LogP contribution in [0.4, 0.5) is 0 Å². The molecule has 0 saturated carbocycles. The third-order valence-corrected chi connectivity index (χ3v) is 5.55. The molecule has 3 rings (SSSR count). The Labute approximate surface area is 130 Å². The standard InChI is InChI=1S/C16H22N2O3S/c1-10(2)16-14-7-11-6-12(9-19)15(22(3,20)21)8-13(11)18(14)5-4-17-16/h6-8,10,16-17,19H,4-5,9H2,1-3H3/t16-/m1/s1. The maximum Gasteiger partial charge on any atom is 0.175 e. The first-order valence-electron chi connectivity index (χ1n) is 7.53. The van der Waals surface area contributed by atoms with E-state index in [9.17, 15) is 13.5 Å². The van der Waals surface area contributed by atoms with Crippen LogP contribution in [-0.4, -0.2) is 30.9 Å². The van der Waals surface area contributed by atoms with Gasteiger partial charge < -0.3 is 15.0 Å². The van der Waals surface area contributed by atoms with Gasteiger partial charge >= 0.3 is 0 Å². The molecule has 1 aliphatic heterocycles. The Morgan fingerprint density at radius 2 is 2.09 bits per heavy atom. The van der Waals surface area contributed by atoms with Crippen molar-refractivity contribution in [3.63, 3.8) is 0 Å². The molecule has 22 heavy (non-hydrogen) atoms. The summed E-state index contributed by atoms with van der Waals surface area (Å²) in [5.41, 5.74) is 2.58. The van der Waals surface area contributed by atoms with Crippen LogP contribution in [0.3, 0.4) is 0 Å². The molecule has 120 valence electrons. The van der Waals surface area contributed by atoms with E-state index >= 15 is 0 Å². The van der Waals surface area contributed by atoms with E-state index in [1.807, 2.05) is 0 Å². The highest BCUT2D eigenvalue weighted by Crippen LogP contribution is 2.33. The zero-order valence-electron chi connectivity index (χ0n) is 13.1. The minimum atomic E-state index is -3.36. The van der Waals surface area contributed by atoms with E-state index in [4.69, 9.17) is 0 Å². The number of hydrogen-bond acceptors (Lipinski definition) is 4. The van der Waals surface area contributed by atoms with Gasteiger partial charge in [-0.3, -0.25) is 0 Å². The molecular weight excluding hydrogens is 300 g/mol. The molecular formula is C16H22N2O3S. The fraction of sp³-hybridized carbons (Fsp3) is 0.500. The molecule has 2 heterocycles. The number of aliphatic hydroxyl groups is 1. The molecule has 0 unspecified atom stereocenters. The molecule has 0 bridgehead atoms. The number of hydrogen-bond donors (Lipinski definition) is 2. The zero-order valence-corrected chi connectivity index (χ0v) is 13.9. The summed E-state index contributed by atoms with van der Waals surface area (Å²) in [6.07, 6.45) is 1.19. The molecule has 6 heteroatoms. The van der Waals surface area contributed by atoms with Gasteiger partial charge in [0.25, 0.3) is 0 Å². The number of aromatic nitrogens is 1. The predicted molar refractivity (Wildman–Crippen MR) is 86.6 cm³/mol. The van der Waals surface area contributed by atoms with Crippen LogP contribution in [0.1, 0.15) is 31.1 Å². The molecule has 5 nitrogen and oxygen atoms in total. The van der Waals surface area contributed by atoms with Crippen molar-refractivity contribution in [2.75, 3.05) is 12.8 Å². The second-order valence-corrected chi connectivity index (χ2v) is 8.33. The lowest BCUT2D eigenvalue weighted by Crippen LogP contribution is -2.35. The maximum atomic E-state index is 12.0. The Morgan fingerprint density at radius 3 is 2.68 bits per heavy atom. The van der Waals surface area contributed by atoms with Crippen LogP contribution in [0, 0.1) is 5.92 Å². The molecule has 1 aromatic carbocycles. The molecule has 1 aromatic heterocycles. The third kappa shape index (κ3) is 2.45. The highest BCUT2D eigenvalue weighted by atomic mass is 32.2. The molecule has 2 aromatic rings. The number of rotatable bonds is 3. The van der Waals surface area contributed by atoms with E-state index in [1.54, 1.807) is 12.1 Å². The minimum Gasteiger partial charge on any atom is -0.392 e. The average molecular weight is 322 g/mol. The summed E-state index contributed by atoms with van der Waals surface area (Å²) in [4.78, 5) is 0.225. The summed E-state index contributed by atoms with van der Waals surface area (Å²) in [6.45, 7) is 5.77. The lowest BCUT2D eigenvalue weighted by Gasteiger charge is -2.29. The number of nitrogens with one attached hydrogen (secondary N) is 1. The van der Waals surface area contributed by atoms with Crippen LogP contribution in [0.2, 0.25) is 0 Å². The highest BCUT2D eigenvalue weighted by molar-refractivity contribution is 7.90. The number of nitrogens with zero attached hydrogens (tertiary/aromatic N) is 1. The summed E-state index contributed by atoms with van der Waals surface area (Å²) >= 11 is 0. The monoisotopic (exact) mass is 322 g/mol. The SMILES string of the molecule is CC(C)[C@H]1NCCn2c1cc1cc(CO)c(S(C)(=O)=O)cc12. The Bertz CT molecular complexity index is 822. The van der Waals surface area contributed by atoms with Crippen molar-refractivity contribution < 1.29 is 13.5 Å². The van der Waals surface area contributed by atoms with Crippen molar-refractivity contribution in [3.8, 4) is 0 Å². The molecule has 0 saturated heterocycles. The zero-order chi connectivity index (χ0) is 16.1. The molecule has 0 radical (unpaired) electrons. The van der Waals surface area contributed by atoms with Gasteiger partial charge in [-0.2, -0.15) is 0 Å². The van der Waals surface area contributed by atoms with Crippen LogP contribution >= 0.6 is 0 Å². The Balaban J connectivity index is 2.29. The van der Waals surface area contributed by atoms with Crippen molar-refractivity contribution >= 4 is 20.7 Å². The predicted octanol–water partition coefficient (Wildman–Crippen LogP) is 1.84. The van der Waals surface area contributed by atoms with Gasteiger partial charge in [-0.1, -0.05) is 13.8 Å². The first kappa shape index (κ1) is 15.5. The number of aliphatic hydroxyl groups excluding tert-OH is 1. The van der Waals surface area contributed by atoms with E-state index in [-0.39, 0.29) is 17.5 Å². The van der Waals surface area contributed by atoms with Crippen molar-refractivity contribution in [1.82, 2.24) is 9.88 Å². The summed E-state index contributed by atoms with van der Waals surface area (Å²) in [5, 5.41) is 14.0. The molecule has 0 fully saturated rings. The second-order valence-electron chi connectivity index (χ2n) is 6.35. The van der Waals surface area contributed by atoms with Gasteiger partial charge in [-0.15, -0.1) is 0 Å². The summed E-state index contributed by atoms with van der Waals surface area (Å²) in [5.74, 6) is 0.454. The smallest absolute Gasteiger partial charge is 0.175 e. The van der Waals surface area contributed by atoms with Crippen LogP contribution in [0.25, 0.3) is 10.9 Å². The third-order valence-electron chi connectivity index (χ3n) is 4.37. The van der Waals surface area contributed by atoms with Gasteiger partial charge in [0.1, 0.15) is 0 Å². The first-order chi connectivity index (χ1) is 10.3. The number of sulfone groups is 1. The molecule has 0 spiro atoms. The first-order valence-corrected chi connectivity index (χ1v) is 9.42. The number of fused-ring (bicyclic) bond motifs is 3. The number of benzene rings is 1. The molecule has 0 aliphatic carbocycles. The second kappa shape index (κ2) is 5.37. The van der Waals surface area contributed by atoms with Gasteiger partial charge in [0.2, 0.25) is 0 Å². The average Bonchev–Trinajstić information content (AvgIpc) is 2.82. The van der Waals surface area contributed by atoms with Crippen LogP contribution < -0.4 is 5.32 Å². The fourth-order valence-electron chi connectivity index (χ4n) is 3.35. The van der Waals surface area contributed by atoms with E-state index in [0.29, 0.717) is 11.5 Å². The Morgan fingerprint density at radius 1 is 1.36 bits per heavy atom. The van der Waals surface area contributed by atoms with E-state index in [1.165, 1.54) is 11.9 Å². The lowest BCUT2D eigenvalue weighted by molar-refractivity contribution is 0.278. The van der Waals surface area contributed by atoms with Crippen LogP contribution in [-0.2, 0) is 23.0 Å². The van der Waals surface area contributed by atoms with E-state index in [0.717, 1.165) is 24.0 Å². The quantitative estimate of drug-likeness (QED) is 0.904. The van der Waals surface area contributed by atoms with E-state index < -0.39 is 9.84 Å². The van der Waals surface area contributed by atoms with Gasteiger partial charge in [0, 0.05) is 42.0 Å². The fourth-order valence-corrected chi connectivity index (χ4v) is 4.27. The maximum absolute atomic E-state index is 12.0. The van der Waals surface area contributed by atoms with E-state index in [2.05, 4.69) is 29.8 Å². The Kier molecular flexibility index (Phi) is 3.79. The topological polar surface area (TPSA) is 71.3 Å². The normalized spacial score (nSPS) is 18.9. The molecule has 1 atom stereocenters. The van der Waals surface area contributed by atoms with Gasteiger partial charge in [0.05, 0.1) is 11.5 Å². The highest BCUT2D eigenvalue weighted by Gasteiger charge is 2.25. The molecule has 2 N–H and O–H groups in total. The summed E-state index contributed by atoms with van der Waals surface area (Å²) < 4.78 is 26.2. The molecule has 1 aliphatic rings. The van der Waals surface area contributed by atoms with Gasteiger partial charge in [-0.05, 0) is 29.7 Å². The van der Waals surface area contributed by atoms with Gasteiger partial charge in [0.15, 0.2) is 9.84 Å². The lowest BCUT2D eigenvalue weighted by atomic mass is 9.99. The minimum absolute atomic E-state index is 0.225.